The van der Waals surface area contributed by atoms with Crippen molar-refractivity contribution < 1.29 is 13.2 Å². The first-order valence-corrected chi connectivity index (χ1v) is 10.7. The average Bonchev–Trinajstić information content (AvgIpc) is 2.67. The minimum atomic E-state index is -3.35. The molecule has 0 aliphatic rings. The first kappa shape index (κ1) is 19.6. The van der Waals surface area contributed by atoms with Gasteiger partial charge in [0.05, 0.1) is 12.3 Å². The van der Waals surface area contributed by atoms with Gasteiger partial charge in [0.2, 0.25) is 10.0 Å². The Morgan fingerprint density at radius 1 is 0.857 bits per heavy atom. The number of anilines is 1. The van der Waals surface area contributed by atoms with Gasteiger partial charge in [-0.2, -0.15) is 0 Å². The topological polar surface area (TPSA) is 75.3 Å². The maximum atomic E-state index is 12.6. The summed E-state index contributed by atoms with van der Waals surface area (Å²) in [5.74, 6) is -0.186. The quantitative estimate of drug-likeness (QED) is 0.657. The Bertz CT molecular complexity index is 1060. The highest BCUT2D eigenvalue weighted by atomic mass is 32.2. The summed E-state index contributed by atoms with van der Waals surface area (Å²) in [6, 6.07) is 24.1. The molecule has 6 heteroatoms. The van der Waals surface area contributed by atoms with E-state index in [1.807, 2.05) is 55.5 Å². The number of carbonyl (C=O) groups is 1. The van der Waals surface area contributed by atoms with Crippen LogP contribution in [0.25, 0.3) is 11.1 Å². The van der Waals surface area contributed by atoms with Gasteiger partial charge in [0.1, 0.15) is 0 Å². The molecule has 0 spiro atoms. The van der Waals surface area contributed by atoms with E-state index in [2.05, 4.69) is 10.0 Å². The lowest BCUT2D eigenvalue weighted by molar-refractivity contribution is 0.0940. The van der Waals surface area contributed by atoms with E-state index in [-0.39, 0.29) is 11.9 Å². The zero-order chi connectivity index (χ0) is 20.1. The molecule has 3 rings (SSSR count). The number of nitrogens with one attached hydrogen (secondary N) is 2. The Hall–Kier alpha value is -3.12. The third kappa shape index (κ3) is 5.20. The lowest BCUT2D eigenvalue weighted by atomic mass is 10.0. The second-order valence-electron chi connectivity index (χ2n) is 6.64. The fourth-order valence-electron chi connectivity index (χ4n) is 2.89. The molecule has 0 saturated heterocycles. The van der Waals surface area contributed by atoms with Crippen molar-refractivity contribution in [1.29, 1.82) is 0 Å². The van der Waals surface area contributed by atoms with E-state index >= 15 is 0 Å². The molecule has 5 nitrogen and oxygen atoms in total. The lowest BCUT2D eigenvalue weighted by Gasteiger charge is -2.16. The van der Waals surface area contributed by atoms with Gasteiger partial charge >= 0.3 is 0 Å². The smallest absolute Gasteiger partial charge is 0.251 e. The predicted octanol–water partition coefficient (Wildman–Crippen LogP) is 4.22. The fraction of sp³-hybridized carbons (Fsp3) is 0.136. The summed E-state index contributed by atoms with van der Waals surface area (Å²) in [4.78, 5) is 12.6. The van der Waals surface area contributed by atoms with Crippen molar-refractivity contribution in [3.05, 3.63) is 90.0 Å². The normalized spacial score (nSPS) is 12.2. The van der Waals surface area contributed by atoms with Crippen LogP contribution in [0.4, 0.5) is 5.69 Å². The van der Waals surface area contributed by atoms with Crippen LogP contribution >= 0.6 is 0 Å². The molecule has 1 atom stereocenters. The number of benzene rings is 3. The second kappa shape index (κ2) is 8.27. The number of hydrogen-bond donors (Lipinski definition) is 2. The highest BCUT2D eigenvalue weighted by Gasteiger charge is 2.13. The molecule has 0 fully saturated rings. The highest BCUT2D eigenvalue weighted by molar-refractivity contribution is 7.92. The van der Waals surface area contributed by atoms with Crippen LogP contribution < -0.4 is 10.0 Å². The van der Waals surface area contributed by atoms with Gasteiger partial charge in [-0.1, -0.05) is 54.6 Å². The van der Waals surface area contributed by atoms with Crippen LogP contribution in [-0.4, -0.2) is 20.6 Å². The molecular formula is C22H22N2O3S. The van der Waals surface area contributed by atoms with Gasteiger partial charge in [0.25, 0.3) is 5.91 Å². The maximum Gasteiger partial charge on any atom is 0.251 e. The summed E-state index contributed by atoms with van der Waals surface area (Å²) >= 11 is 0. The van der Waals surface area contributed by atoms with E-state index in [0.717, 1.165) is 22.9 Å². The Labute approximate surface area is 165 Å². The van der Waals surface area contributed by atoms with E-state index in [4.69, 9.17) is 0 Å². The molecule has 2 N–H and O–H groups in total. The monoisotopic (exact) mass is 394 g/mol. The van der Waals surface area contributed by atoms with Gasteiger partial charge in [0, 0.05) is 11.3 Å². The van der Waals surface area contributed by atoms with Crippen molar-refractivity contribution in [3.8, 4) is 11.1 Å². The van der Waals surface area contributed by atoms with E-state index in [9.17, 15) is 13.2 Å². The Balaban J connectivity index is 1.70. The van der Waals surface area contributed by atoms with Gasteiger partial charge in [-0.25, -0.2) is 8.42 Å². The molecule has 0 bridgehead atoms. The van der Waals surface area contributed by atoms with Gasteiger partial charge in [-0.05, 0) is 47.9 Å². The second-order valence-corrected chi connectivity index (χ2v) is 8.39. The van der Waals surface area contributed by atoms with Crippen molar-refractivity contribution in [2.24, 2.45) is 0 Å². The molecule has 1 unspecified atom stereocenters. The van der Waals surface area contributed by atoms with E-state index in [1.54, 1.807) is 30.3 Å². The van der Waals surface area contributed by atoms with Crippen molar-refractivity contribution >= 4 is 21.6 Å². The summed E-state index contributed by atoms with van der Waals surface area (Å²) in [5.41, 5.74) is 3.98. The fourth-order valence-corrected chi connectivity index (χ4v) is 3.45. The third-order valence-electron chi connectivity index (χ3n) is 4.29. The first-order chi connectivity index (χ1) is 13.3. The Morgan fingerprint density at radius 3 is 2.14 bits per heavy atom. The molecule has 144 valence electrons. The van der Waals surface area contributed by atoms with Crippen LogP contribution in [0.3, 0.4) is 0 Å². The van der Waals surface area contributed by atoms with E-state index < -0.39 is 10.0 Å². The molecule has 0 aliphatic heterocycles. The third-order valence-corrected chi connectivity index (χ3v) is 4.90. The van der Waals surface area contributed by atoms with Crippen LogP contribution in [-0.2, 0) is 10.0 Å². The largest absolute Gasteiger partial charge is 0.346 e. The standard InChI is InChI=1S/C22H22N2O3S/c1-16(20-9-6-10-21(15-20)24-28(2,26)27)23-22(25)19-13-11-18(12-14-19)17-7-4-3-5-8-17/h3-16,24H,1-2H3,(H,23,25). The molecule has 3 aromatic rings. The van der Waals surface area contributed by atoms with Gasteiger partial charge in [0.15, 0.2) is 0 Å². The van der Waals surface area contributed by atoms with Crippen molar-refractivity contribution in [3.63, 3.8) is 0 Å². The van der Waals surface area contributed by atoms with E-state index in [1.165, 1.54) is 0 Å². The highest BCUT2D eigenvalue weighted by Crippen LogP contribution is 2.21. The zero-order valence-corrected chi connectivity index (χ0v) is 16.5. The SMILES string of the molecule is CC(NC(=O)c1ccc(-c2ccccc2)cc1)c1cccc(NS(C)(=O)=O)c1. The Morgan fingerprint density at radius 2 is 1.50 bits per heavy atom. The van der Waals surface area contributed by atoms with Crippen molar-refractivity contribution in [1.82, 2.24) is 5.32 Å². The average molecular weight is 394 g/mol. The molecule has 3 aromatic carbocycles. The number of hydrogen-bond acceptors (Lipinski definition) is 3. The summed E-state index contributed by atoms with van der Waals surface area (Å²) in [6.07, 6.45) is 1.10. The van der Waals surface area contributed by atoms with Gasteiger partial charge in [-0.15, -0.1) is 0 Å². The molecule has 0 radical (unpaired) electrons. The van der Waals surface area contributed by atoms with Crippen LogP contribution in [0, 0.1) is 0 Å². The summed E-state index contributed by atoms with van der Waals surface area (Å²) in [6.45, 7) is 1.86. The number of rotatable bonds is 6. The van der Waals surface area contributed by atoms with Crippen molar-refractivity contribution in [2.75, 3.05) is 11.0 Å². The zero-order valence-electron chi connectivity index (χ0n) is 15.7. The first-order valence-electron chi connectivity index (χ1n) is 8.86. The summed E-state index contributed by atoms with van der Waals surface area (Å²) < 4.78 is 25.2. The number of amides is 1. The summed E-state index contributed by atoms with van der Waals surface area (Å²) in [7, 11) is -3.35. The molecule has 0 heterocycles. The van der Waals surface area contributed by atoms with Crippen LogP contribution in [0.2, 0.25) is 0 Å². The van der Waals surface area contributed by atoms with Crippen LogP contribution in [0.15, 0.2) is 78.9 Å². The minimum Gasteiger partial charge on any atom is -0.346 e. The van der Waals surface area contributed by atoms with Crippen LogP contribution in [0.5, 0.6) is 0 Å². The molecule has 1 amide bonds. The number of carbonyl (C=O) groups excluding carboxylic acids is 1. The number of sulfonamides is 1. The minimum absolute atomic E-state index is 0.186. The van der Waals surface area contributed by atoms with Gasteiger partial charge < -0.3 is 5.32 Å². The van der Waals surface area contributed by atoms with Crippen molar-refractivity contribution in [2.45, 2.75) is 13.0 Å². The molecule has 0 aliphatic carbocycles. The molecular weight excluding hydrogens is 372 g/mol. The van der Waals surface area contributed by atoms with E-state index in [0.29, 0.717) is 11.3 Å². The van der Waals surface area contributed by atoms with Crippen LogP contribution in [0.1, 0.15) is 28.9 Å². The molecule has 0 aromatic heterocycles. The lowest BCUT2D eigenvalue weighted by Crippen LogP contribution is -2.26. The molecule has 0 saturated carbocycles. The summed E-state index contributed by atoms with van der Waals surface area (Å²) in [5, 5.41) is 2.95. The van der Waals surface area contributed by atoms with Gasteiger partial charge in [-0.3, -0.25) is 9.52 Å². The predicted molar refractivity (Wildman–Crippen MR) is 113 cm³/mol. The maximum absolute atomic E-state index is 12.6. The Kier molecular flexibility index (Phi) is 5.80. The molecule has 28 heavy (non-hydrogen) atoms.